The van der Waals surface area contributed by atoms with Gasteiger partial charge in [0.25, 0.3) is 5.91 Å². The van der Waals surface area contributed by atoms with Crippen molar-refractivity contribution in [3.8, 4) is 22.9 Å². The molecule has 1 N–H and O–H groups in total. The molecule has 1 amide bonds. The second-order valence-corrected chi connectivity index (χ2v) is 8.14. The quantitative estimate of drug-likeness (QED) is 0.462. The Morgan fingerprint density at radius 2 is 1.43 bits per heavy atom. The number of amides is 1. The average molecular weight is 397 g/mol. The van der Waals surface area contributed by atoms with Gasteiger partial charge in [0.15, 0.2) is 0 Å². The SMILES string of the molecule is CC(C)(C)c1ccc(C(=O)Nc2cccc(-c3nnc(-c4ccccc4)o3)c2)cc1. The van der Waals surface area contributed by atoms with E-state index in [2.05, 4.69) is 36.3 Å². The molecule has 4 aromatic rings. The molecule has 5 nitrogen and oxygen atoms in total. The molecule has 30 heavy (non-hydrogen) atoms. The maximum absolute atomic E-state index is 12.6. The van der Waals surface area contributed by atoms with Crippen LogP contribution in [0.25, 0.3) is 22.9 Å². The summed E-state index contributed by atoms with van der Waals surface area (Å²) in [5.74, 6) is 0.696. The summed E-state index contributed by atoms with van der Waals surface area (Å²) in [5, 5.41) is 11.2. The van der Waals surface area contributed by atoms with E-state index < -0.39 is 0 Å². The number of carbonyl (C=O) groups excluding carboxylic acids is 1. The first kappa shape index (κ1) is 19.6. The van der Waals surface area contributed by atoms with Gasteiger partial charge in [-0.15, -0.1) is 10.2 Å². The van der Waals surface area contributed by atoms with Crippen molar-refractivity contribution in [2.75, 3.05) is 5.32 Å². The fourth-order valence-electron chi connectivity index (χ4n) is 3.09. The zero-order chi connectivity index (χ0) is 21.1. The van der Waals surface area contributed by atoms with Gasteiger partial charge in [0.2, 0.25) is 11.8 Å². The van der Waals surface area contributed by atoms with E-state index in [1.54, 1.807) is 0 Å². The molecule has 0 atom stereocenters. The van der Waals surface area contributed by atoms with Crippen molar-refractivity contribution in [1.29, 1.82) is 0 Å². The van der Waals surface area contributed by atoms with E-state index in [1.807, 2.05) is 78.9 Å². The summed E-state index contributed by atoms with van der Waals surface area (Å²) >= 11 is 0. The van der Waals surface area contributed by atoms with Crippen molar-refractivity contribution in [1.82, 2.24) is 10.2 Å². The maximum atomic E-state index is 12.6. The smallest absolute Gasteiger partial charge is 0.255 e. The van der Waals surface area contributed by atoms with Gasteiger partial charge in [-0.05, 0) is 53.4 Å². The molecule has 0 bridgehead atoms. The number of aromatic nitrogens is 2. The molecule has 0 aliphatic rings. The molecule has 0 aliphatic carbocycles. The molecular weight excluding hydrogens is 374 g/mol. The van der Waals surface area contributed by atoms with Gasteiger partial charge in [0, 0.05) is 22.4 Å². The third kappa shape index (κ3) is 4.30. The minimum absolute atomic E-state index is 0.0476. The van der Waals surface area contributed by atoms with Gasteiger partial charge in [-0.3, -0.25) is 4.79 Å². The van der Waals surface area contributed by atoms with Gasteiger partial charge in [-0.2, -0.15) is 0 Å². The highest BCUT2D eigenvalue weighted by atomic mass is 16.4. The maximum Gasteiger partial charge on any atom is 0.255 e. The standard InChI is InChI=1S/C25H23N3O2/c1-25(2,3)20-14-12-17(13-15-20)22(29)26-21-11-7-10-19(16-21)24-28-27-23(30-24)18-8-5-4-6-9-18/h4-16H,1-3H3,(H,26,29). The Morgan fingerprint density at radius 1 is 0.800 bits per heavy atom. The van der Waals surface area contributed by atoms with Gasteiger partial charge in [-0.1, -0.05) is 57.2 Å². The van der Waals surface area contributed by atoms with Crippen molar-refractivity contribution in [3.63, 3.8) is 0 Å². The monoisotopic (exact) mass is 397 g/mol. The van der Waals surface area contributed by atoms with E-state index in [9.17, 15) is 4.79 Å². The van der Waals surface area contributed by atoms with Gasteiger partial charge < -0.3 is 9.73 Å². The molecule has 3 aromatic carbocycles. The lowest BCUT2D eigenvalue weighted by molar-refractivity contribution is 0.102. The van der Waals surface area contributed by atoms with Crippen molar-refractivity contribution in [2.24, 2.45) is 0 Å². The second-order valence-electron chi connectivity index (χ2n) is 8.14. The number of benzene rings is 3. The number of anilines is 1. The highest BCUT2D eigenvalue weighted by molar-refractivity contribution is 6.04. The molecule has 5 heteroatoms. The molecule has 0 unspecified atom stereocenters. The van der Waals surface area contributed by atoms with E-state index in [1.165, 1.54) is 5.56 Å². The zero-order valence-corrected chi connectivity index (χ0v) is 17.2. The molecule has 0 spiro atoms. The number of nitrogens with one attached hydrogen (secondary N) is 1. The fraction of sp³-hybridized carbons (Fsp3) is 0.160. The van der Waals surface area contributed by atoms with Crippen LogP contribution in [0.1, 0.15) is 36.7 Å². The minimum Gasteiger partial charge on any atom is -0.416 e. The van der Waals surface area contributed by atoms with Crippen LogP contribution in [0.2, 0.25) is 0 Å². The molecule has 1 aromatic heterocycles. The van der Waals surface area contributed by atoms with Gasteiger partial charge in [0.05, 0.1) is 0 Å². The lowest BCUT2D eigenvalue weighted by Crippen LogP contribution is -2.14. The molecule has 0 radical (unpaired) electrons. The van der Waals surface area contributed by atoms with E-state index in [-0.39, 0.29) is 11.3 Å². The number of hydrogen-bond acceptors (Lipinski definition) is 4. The highest BCUT2D eigenvalue weighted by Gasteiger charge is 2.15. The molecular formula is C25H23N3O2. The van der Waals surface area contributed by atoms with Crippen LogP contribution in [0.3, 0.4) is 0 Å². The topological polar surface area (TPSA) is 68.0 Å². The molecule has 0 saturated heterocycles. The van der Waals surface area contributed by atoms with Gasteiger partial charge >= 0.3 is 0 Å². The Bertz CT molecular complexity index is 1160. The van der Waals surface area contributed by atoms with Crippen LogP contribution in [0.4, 0.5) is 5.69 Å². The summed E-state index contributed by atoms with van der Waals surface area (Å²) in [4.78, 5) is 12.6. The number of nitrogens with zero attached hydrogens (tertiary/aromatic N) is 2. The summed E-state index contributed by atoms with van der Waals surface area (Å²) in [7, 11) is 0. The molecule has 0 aliphatic heterocycles. The van der Waals surface area contributed by atoms with Crippen LogP contribution < -0.4 is 5.32 Å². The first-order valence-electron chi connectivity index (χ1n) is 9.81. The Labute approximate surface area is 175 Å². The first-order valence-corrected chi connectivity index (χ1v) is 9.81. The summed E-state index contributed by atoms with van der Waals surface area (Å²) in [6.07, 6.45) is 0. The number of hydrogen-bond donors (Lipinski definition) is 1. The summed E-state index contributed by atoms with van der Waals surface area (Å²) in [6.45, 7) is 6.44. The van der Waals surface area contributed by atoms with Crippen LogP contribution in [0.5, 0.6) is 0 Å². The predicted octanol–water partition coefficient (Wildman–Crippen LogP) is 5.95. The lowest BCUT2D eigenvalue weighted by atomic mass is 9.87. The molecule has 0 saturated carbocycles. The molecule has 150 valence electrons. The van der Waals surface area contributed by atoms with Crippen LogP contribution in [-0.4, -0.2) is 16.1 Å². The van der Waals surface area contributed by atoms with E-state index in [0.29, 0.717) is 23.0 Å². The van der Waals surface area contributed by atoms with E-state index in [4.69, 9.17) is 4.42 Å². The molecule has 0 fully saturated rings. The van der Waals surface area contributed by atoms with Crippen molar-refractivity contribution < 1.29 is 9.21 Å². The van der Waals surface area contributed by atoms with Crippen molar-refractivity contribution in [2.45, 2.75) is 26.2 Å². The zero-order valence-electron chi connectivity index (χ0n) is 17.2. The Morgan fingerprint density at radius 3 is 2.10 bits per heavy atom. The normalized spacial score (nSPS) is 11.3. The van der Waals surface area contributed by atoms with Crippen LogP contribution in [-0.2, 0) is 5.41 Å². The molecule has 4 rings (SSSR count). The third-order valence-electron chi connectivity index (χ3n) is 4.83. The van der Waals surface area contributed by atoms with Gasteiger partial charge in [0.1, 0.15) is 0 Å². The lowest BCUT2D eigenvalue weighted by Gasteiger charge is -2.19. The third-order valence-corrected chi connectivity index (χ3v) is 4.83. The van der Waals surface area contributed by atoms with Crippen LogP contribution in [0.15, 0.2) is 83.3 Å². The second kappa shape index (κ2) is 7.95. The average Bonchev–Trinajstić information content (AvgIpc) is 3.24. The number of carbonyl (C=O) groups is 1. The van der Waals surface area contributed by atoms with Crippen molar-refractivity contribution in [3.05, 3.63) is 90.0 Å². The fourth-order valence-corrected chi connectivity index (χ4v) is 3.09. The summed E-state index contributed by atoms with van der Waals surface area (Å²) in [6, 6.07) is 24.7. The predicted molar refractivity (Wildman–Crippen MR) is 118 cm³/mol. The van der Waals surface area contributed by atoms with Crippen LogP contribution in [0, 0.1) is 0 Å². The summed E-state index contributed by atoms with van der Waals surface area (Å²) < 4.78 is 5.81. The number of rotatable bonds is 4. The molecule has 1 heterocycles. The minimum atomic E-state index is -0.164. The Kier molecular flexibility index (Phi) is 5.19. The highest BCUT2D eigenvalue weighted by Crippen LogP contribution is 2.26. The van der Waals surface area contributed by atoms with Crippen molar-refractivity contribution >= 4 is 11.6 Å². The first-order chi connectivity index (χ1) is 14.4. The Balaban J connectivity index is 1.51. The summed E-state index contributed by atoms with van der Waals surface area (Å²) in [5.41, 5.74) is 4.11. The van der Waals surface area contributed by atoms with E-state index >= 15 is 0 Å². The van der Waals surface area contributed by atoms with Gasteiger partial charge in [-0.25, -0.2) is 0 Å². The largest absolute Gasteiger partial charge is 0.416 e. The van der Waals surface area contributed by atoms with E-state index in [0.717, 1.165) is 11.1 Å². The Hall–Kier alpha value is -3.73. The van der Waals surface area contributed by atoms with Crippen LogP contribution >= 0.6 is 0 Å².